The molecule has 0 atom stereocenters. The number of anilines is 3. The van der Waals surface area contributed by atoms with E-state index in [1.54, 1.807) is 6.07 Å². The van der Waals surface area contributed by atoms with Crippen LogP contribution < -0.4 is 15.0 Å². The second-order valence-corrected chi connectivity index (χ2v) is 6.50. The molecule has 3 aromatic rings. The number of ether oxygens (including phenoxy) is 2. The number of benzene rings is 1. The summed E-state index contributed by atoms with van der Waals surface area (Å²) >= 11 is 6.17. The summed E-state index contributed by atoms with van der Waals surface area (Å²) in [6.07, 6.45) is 1.34. The lowest BCUT2D eigenvalue weighted by Crippen LogP contribution is -2.36. The molecule has 1 N–H and O–H groups in total. The van der Waals surface area contributed by atoms with E-state index in [1.165, 1.54) is 25.6 Å². The van der Waals surface area contributed by atoms with E-state index < -0.39 is 4.92 Å². The summed E-state index contributed by atoms with van der Waals surface area (Å²) in [5.41, 5.74) is 0.277. The van der Waals surface area contributed by atoms with Crippen LogP contribution in [0.4, 0.5) is 23.3 Å². The number of rotatable bonds is 5. The Bertz CT molecular complexity index is 1080. The van der Waals surface area contributed by atoms with Gasteiger partial charge in [0.15, 0.2) is 5.75 Å². The topological polar surface area (TPSA) is 128 Å². The number of nitro benzene ring substituents is 1. The lowest BCUT2D eigenvalue weighted by molar-refractivity contribution is -0.385. The fourth-order valence-corrected chi connectivity index (χ4v) is 3.18. The molecule has 0 saturated carbocycles. The Balaban J connectivity index is 1.73. The standard InChI is InChI=1S/C17H16ClN7O4/c1-28-13-7-11-10(6-12(13)25(26)27)16(20-9-19-11)23-17-21-14(18)8-15(22-17)24-2-4-29-5-3-24/h6-9H,2-5H2,1H3,(H,19,20,21,22,23). The van der Waals surface area contributed by atoms with Crippen LogP contribution in [0.1, 0.15) is 0 Å². The van der Waals surface area contributed by atoms with Crippen LogP contribution in [0.3, 0.4) is 0 Å². The van der Waals surface area contributed by atoms with E-state index in [2.05, 4.69) is 25.3 Å². The molecule has 4 rings (SSSR count). The molecular weight excluding hydrogens is 402 g/mol. The third kappa shape index (κ3) is 3.96. The summed E-state index contributed by atoms with van der Waals surface area (Å²) in [4.78, 5) is 29.9. The van der Waals surface area contributed by atoms with E-state index in [0.29, 0.717) is 48.8 Å². The number of hydrogen-bond donors (Lipinski definition) is 1. The molecule has 2 aromatic heterocycles. The molecule has 11 nitrogen and oxygen atoms in total. The van der Waals surface area contributed by atoms with Crippen molar-refractivity contribution in [3.05, 3.63) is 39.8 Å². The molecule has 0 radical (unpaired) electrons. The van der Waals surface area contributed by atoms with Crippen molar-refractivity contribution in [1.29, 1.82) is 0 Å². The minimum Gasteiger partial charge on any atom is -0.490 e. The molecule has 3 heterocycles. The highest BCUT2D eigenvalue weighted by molar-refractivity contribution is 6.29. The fourth-order valence-electron chi connectivity index (χ4n) is 3.00. The lowest BCUT2D eigenvalue weighted by atomic mass is 10.2. The molecule has 1 saturated heterocycles. The first-order valence-electron chi connectivity index (χ1n) is 8.66. The zero-order valence-corrected chi connectivity index (χ0v) is 16.1. The fraction of sp³-hybridized carbons (Fsp3) is 0.294. The van der Waals surface area contributed by atoms with Gasteiger partial charge in [0.2, 0.25) is 5.95 Å². The van der Waals surface area contributed by atoms with Gasteiger partial charge in [0, 0.05) is 31.3 Å². The predicted molar refractivity (Wildman–Crippen MR) is 106 cm³/mol. The Kier molecular flexibility index (Phi) is 5.23. The van der Waals surface area contributed by atoms with Gasteiger partial charge in [0.1, 0.15) is 23.1 Å². The first-order valence-corrected chi connectivity index (χ1v) is 9.04. The predicted octanol–water partition coefficient (Wildman–Crippen LogP) is 2.57. The van der Waals surface area contributed by atoms with Crippen LogP contribution in [0.15, 0.2) is 24.5 Å². The number of nitrogens with zero attached hydrogens (tertiary/aromatic N) is 6. The van der Waals surface area contributed by atoms with Crippen molar-refractivity contribution in [2.24, 2.45) is 0 Å². The summed E-state index contributed by atoms with van der Waals surface area (Å²) in [6.45, 7) is 2.59. The van der Waals surface area contributed by atoms with Gasteiger partial charge in [-0.3, -0.25) is 10.1 Å². The molecule has 0 amide bonds. The molecule has 150 valence electrons. The van der Waals surface area contributed by atoms with Crippen LogP contribution >= 0.6 is 11.6 Å². The average molecular weight is 418 g/mol. The highest BCUT2D eigenvalue weighted by atomic mass is 35.5. The first kappa shape index (κ1) is 19.0. The van der Waals surface area contributed by atoms with Crippen LogP contribution in [0.5, 0.6) is 5.75 Å². The quantitative estimate of drug-likeness (QED) is 0.375. The smallest absolute Gasteiger partial charge is 0.311 e. The summed E-state index contributed by atoms with van der Waals surface area (Å²) in [5, 5.41) is 15.0. The van der Waals surface area contributed by atoms with E-state index in [-0.39, 0.29) is 22.5 Å². The van der Waals surface area contributed by atoms with Crippen LogP contribution in [0.2, 0.25) is 5.15 Å². The van der Waals surface area contributed by atoms with Crippen molar-refractivity contribution in [2.75, 3.05) is 43.6 Å². The van der Waals surface area contributed by atoms with Crippen molar-refractivity contribution >= 4 is 45.8 Å². The maximum absolute atomic E-state index is 11.4. The zero-order chi connectivity index (χ0) is 20.4. The number of nitro groups is 1. The van der Waals surface area contributed by atoms with Gasteiger partial charge in [-0.25, -0.2) is 15.0 Å². The molecular formula is C17H16ClN7O4. The molecule has 1 aliphatic rings. The molecule has 1 aromatic carbocycles. The Morgan fingerprint density at radius 3 is 2.76 bits per heavy atom. The van der Waals surface area contributed by atoms with Crippen molar-refractivity contribution in [2.45, 2.75) is 0 Å². The van der Waals surface area contributed by atoms with E-state index in [0.717, 1.165) is 0 Å². The Hall–Kier alpha value is -3.31. The SMILES string of the molecule is COc1cc2ncnc(Nc3nc(Cl)cc(N4CCOCC4)n3)c2cc1[N+](=O)[O-]. The molecule has 1 aliphatic heterocycles. The van der Waals surface area contributed by atoms with E-state index >= 15 is 0 Å². The number of nitrogens with one attached hydrogen (secondary N) is 1. The second-order valence-electron chi connectivity index (χ2n) is 6.12. The summed E-state index contributed by atoms with van der Waals surface area (Å²) < 4.78 is 10.5. The second kappa shape index (κ2) is 7.97. The third-order valence-electron chi connectivity index (χ3n) is 4.38. The third-order valence-corrected chi connectivity index (χ3v) is 4.57. The number of hydrogen-bond acceptors (Lipinski definition) is 10. The van der Waals surface area contributed by atoms with Crippen LogP contribution in [-0.2, 0) is 4.74 Å². The summed E-state index contributed by atoms with van der Waals surface area (Å²) in [6, 6.07) is 4.51. The van der Waals surface area contributed by atoms with Crippen LogP contribution in [0.25, 0.3) is 10.9 Å². The largest absolute Gasteiger partial charge is 0.490 e. The Morgan fingerprint density at radius 2 is 2.03 bits per heavy atom. The van der Waals surface area contributed by atoms with E-state index in [9.17, 15) is 10.1 Å². The Morgan fingerprint density at radius 1 is 1.24 bits per heavy atom. The summed E-state index contributed by atoms with van der Waals surface area (Å²) in [5.74, 6) is 1.30. The number of morpholine rings is 1. The van der Waals surface area contributed by atoms with Crippen LogP contribution in [-0.4, -0.2) is 58.3 Å². The lowest BCUT2D eigenvalue weighted by Gasteiger charge is -2.28. The van der Waals surface area contributed by atoms with Crippen molar-refractivity contribution < 1.29 is 14.4 Å². The molecule has 0 spiro atoms. The maximum Gasteiger partial charge on any atom is 0.311 e. The van der Waals surface area contributed by atoms with Gasteiger partial charge in [-0.15, -0.1) is 0 Å². The van der Waals surface area contributed by atoms with Crippen molar-refractivity contribution in [1.82, 2.24) is 19.9 Å². The van der Waals surface area contributed by atoms with Crippen molar-refractivity contribution in [3.8, 4) is 5.75 Å². The van der Waals surface area contributed by atoms with Gasteiger partial charge >= 0.3 is 5.69 Å². The monoisotopic (exact) mass is 417 g/mol. The molecule has 0 bridgehead atoms. The van der Waals surface area contributed by atoms with Gasteiger partial charge < -0.3 is 19.7 Å². The maximum atomic E-state index is 11.4. The number of halogens is 1. The average Bonchev–Trinajstić information content (AvgIpc) is 2.73. The van der Waals surface area contributed by atoms with Crippen molar-refractivity contribution in [3.63, 3.8) is 0 Å². The zero-order valence-electron chi connectivity index (χ0n) is 15.3. The molecule has 29 heavy (non-hydrogen) atoms. The van der Waals surface area contributed by atoms with Gasteiger partial charge in [-0.2, -0.15) is 4.98 Å². The minimum atomic E-state index is -0.526. The Labute approximate surface area is 169 Å². The summed E-state index contributed by atoms with van der Waals surface area (Å²) in [7, 11) is 1.36. The molecule has 1 fully saturated rings. The van der Waals surface area contributed by atoms with E-state index in [1.807, 2.05) is 4.90 Å². The number of methoxy groups -OCH3 is 1. The molecule has 0 unspecified atom stereocenters. The highest BCUT2D eigenvalue weighted by Gasteiger charge is 2.20. The van der Waals surface area contributed by atoms with Gasteiger partial charge in [-0.05, 0) is 0 Å². The number of fused-ring (bicyclic) bond motifs is 1. The van der Waals surface area contributed by atoms with Crippen LogP contribution in [0, 0.1) is 10.1 Å². The van der Waals surface area contributed by atoms with Gasteiger partial charge in [-0.1, -0.05) is 11.6 Å². The van der Waals surface area contributed by atoms with E-state index in [4.69, 9.17) is 21.1 Å². The van der Waals surface area contributed by atoms with Gasteiger partial charge in [0.25, 0.3) is 0 Å². The molecule has 12 heteroatoms. The first-order chi connectivity index (χ1) is 14.0. The number of aromatic nitrogens is 4. The highest BCUT2D eigenvalue weighted by Crippen LogP contribution is 2.34. The minimum absolute atomic E-state index is 0.112. The molecule has 0 aliphatic carbocycles. The van der Waals surface area contributed by atoms with Gasteiger partial charge in [0.05, 0.1) is 36.1 Å². The normalized spacial score (nSPS) is 14.1.